The number of benzene rings is 2. The Morgan fingerprint density at radius 3 is 2.77 bits per heavy atom. The second-order valence-corrected chi connectivity index (χ2v) is 7.06. The molecule has 2 aromatic rings. The van der Waals surface area contributed by atoms with Crippen molar-refractivity contribution < 1.29 is 13.9 Å². The van der Waals surface area contributed by atoms with Crippen LogP contribution in [-0.4, -0.2) is 49.0 Å². The van der Waals surface area contributed by atoms with Crippen molar-refractivity contribution in [2.45, 2.75) is 6.04 Å². The Labute approximate surface area is 162 Å². The first-order valence-electron chi connectivity index (χ1n) is 8.26. The van der Waals surface area contributed by atoms with Gasteiger partial charge in [-0.3, -0.25) is 9.69 Å². The first kappa shape index (κ1) is 19.0. The van der Waals surface area contributed by atoms with Crippen molar-refractivity contribution in [3.8, 4) is 5.75 Å². The summed E-state index contributed by atoms with van der Waals surface area (Å²) >= 11 is 12.0. The smallest absolute Gasteiger partial charge is 0.260 e. The average Bonchev–Trinajstić information content (AvgIpc) is 2.63. The summed E-state index contributed by atoms with van der Waals surface area (Å²) in [5.74, 6) is -0.0663. The van der Waals surface area contributed by atoms with Crippen LogP contribution < -0.4 is 4.74 Å². The van der Waals surface area contributed by atoms with E-state index in [2.05, 4.69) is 4.90 Å². The Morgan fingerprint density at radius 2 is 2.00 bits per heavy atom. The molecule has 2 aromatic carbocycles. The Bertz CT molecular complexity index is 803. The van der Waals surface area contributed by atoms with Gasteiger partial charge in [0.2, 0.25) is 0 Å². The molecule has 1 aliphatic rings. The fourth-order valence-electron chi connectivity index (χ4n) is 3.00. The number of ether oxygens (including phenoxy) is 1. The number of rotatable bonds is 4. The quantitative estimate of drug-likeness (QED) is 0.781. The van der Waals surface area contributed by atoms with Gasteiger partial charge in [0, 0.05) is 36.3 Å². The molecule has 0 aliphatic carbocycles. The fourth-order valence-corrected chi connectivity index (χ4v) is 3.33. The summed E-state index contributed by atoms with van der Waals surface area (Å²) in [4.78, 5) is 16.3. The summed E-state index contributed by atoms with van der Waals surface area (Å²) in [6.07, 6.45) is 0. The highest BCUT2D eigenvalue weighted by atomic mass is 35.5. The van der Waals surface area contributed by atoms with E-state index in [1.165, 1.54) is 6.07 Å². The van der Waals surface area contributed by atoms with E-state index in [4.69, 9.17) is 27.9 Å². The van der Waals surface area contributed by atoms with Crippen molar-refractivity contribution in [2.24, 2.45) is 0 Å². The van der Waals surface area contributed by atoms with Gasteiger partial charge in [0.1, 0.15) is 11.6 Å². The molecule has 138 valence electrons. The number of hydrogen-bond donors (Lipinski definition) is 0. The van der Waals surface area contributed by atoms with Crippen LogP contribution >= 0.6 is 23.2 Å². The largest absolute Gasteiger partial charge is 0.482 e. The molecule has 1 saturated heterocycles. The molecule has 0 radical (unpaired) electrons. The number of halogens is 3. The van der Waals surface area contributed by atoms with E-state index < -0.39 is 0 Å². The van der Waals surface area contributed by atoms with Gasteiger partial charge in [0.05, 0.1) is 11.1 Å². The lowest BCUT2D eigenvalue weighted by Crippen LogP contribution is -2.50. The molecular weight excluding hydrogens is 378 g/mol. The predicted molar refractivity (Wildman–Crippen MR) is 100 cm³/mol. The minimum absolute atomic E-state index is 0.145. The van der Waals surface area contributed by atoms with Crippen LogP contribution in [0.25, 0.3) is 0 Å². The van der Waals surface area contributed by atoms with Crippen LogP contribution in [0.4, 0.5) is 4.39 Å². The molecule has 1 heterocycles. The molecule has 26 heavy (non-hydrogen) atoms. The predicted octanol–water partition coefficient (Wildman–Crippen LogP) is 4.03. The molecule has 4 nitrogen and oxygen atoms in total. The van der Waals surface area contributed by atoms with Crippen molar-refractivity contribution in [1.29, 1.82) is 0 Å². The third-order valence-corrected chi connectivity index (χ3v) is 5.06. The Morgan fingerprint density at radius 1 is 1.23 bits per heavy atom. The van der Waals surface area contributed by atoms with Crippen molar-refractivity contribution in [3.05, 3.63) is 63.9 Å². The third kappa shape index (κ3) is 4.29. The number of piperazine rings is 1. The van der Waals surface area contributed by atoms with Crippen LogP contribution in [0.5, 0.6) is 5.75 Å². The molecule has 1 atom stereocenters. The lowest BCUT2D eigenvalue weighted by molar-refractivity contribution is -0.136. The fraction of sp³-hybridized carbons (Fsp3) is 0.316. The second-order valence-electron chi connectivity index (χ2n) is 6.22. The van der Waals surface area contributed by atoms with E-state index in [0.717, 1.165) is 0 Å². The molecule has 7 heteroatoms. The average molecular weight is 397 g/mol. The number of amides is 1. The van der Waals surface area contributed by atoms with E-state index in [-0.39, 0.29) is 24.4 Å². The normalized spacial score (nSPS) is 18.0. The molecule has 3 rings (SSSR count). The van der Waals surface area contributed by atoms with Gasteiger partial charge in [-0.05, 0) is 25.2 Å². The van der Waals surface area contributed by atoms with Gasteiger partial charge in [-0.25, -0.2) is 4.39 Å². The number of nitrogens with zero attached hydrogens (tertiary/aromatic N) is 2. The van der Waals surface area contributed by atoms with Gasteiger partial charge >= 0.3 is 0 Å². The minimum atomic E-state index is -0.263. The Balaban J connectivity index is 1.66. The summed E-state index contributed by atoms with van der Waals surface area (Å²) < 4.78 is 19.7. The highest BCUT2D eigenvalue weighted by Gasteiger charge is 2.30. The Kier molecular flexibility index (Phi) is 6.01. The topological polar surface area (TPSA) is 32.8 Å². The lowest BCUT2D eigenvalue weighted by Gasteiger charge is -2.39. The summed E-state index contributed by atoms with van der Waals surface area (Å²) in [7, 11) is 1.93. The van der Waals surface area contributed by atoms with Gasteiger partial charge in [-0.15, -0.1) is 0 Å². The second kappa shape index (κ2) is 8.25. The maximum atomic E-state index is 14.1. The molecule has 1 amide bonds. The van der Waals surface area contributed by atoms with E-state index >= 15 is 0 Å². The minimum Gasteiger partial charge on any atom is -0.482 e. The highest BCUT2D eigenvalue weighted by Crippen LogP contribution is 2.29. The first-order valence-corrected chi connectivity index (χ1v) is 9.01. The molecule has 0 aromatic heterocycles. The highest BCUT2D eigenvalue weighted by molar-refractivity contribution is 6.34. The number of carbonyl (C=O) groups is 1. The zero-order chi connectivity index (χ0) is 18.7. The van der Waals surface area contributed by atoms with Gasteiger partial charge in [-0.1, -0.05) is 41.4 Å². The first-order chi connectivity index (χ1) is 12.5. The lowest BCUT2D eigenvalue weighted by atomic mass is 10.0. The van der Waals surface area contributed by atoms with Gasteiger partial charge in [-0.2, -0.15) is 0 Å². The van der Waals surface area contributed by atoms with Crippen LogP contribution in [0.2, 0.25) is 10.0 Å². The molecule has 0 N–H and O–H groups in total. The van der Waals surface area contributed by atoms with Crippen LogP contribution in [-0.2, 0) is 4.79 Å². The Hall–Kier alpha value is -1.82. The summed E-state index contributed by atoms with van der Waals surface area (Å²) in [6, 6.07) is 11.3. The van der Waals surface area contributed by atoms with Crippen molar-refractivity contribution >= 4 is 29.1 Å². The van der Waals surface area contributed by atoms with Gasteiger partial charge in [0.15, 0.2) is 6.61 Å². The number of carbonyl (C=O) groups excluding carboxylic acids is 1. The van der Waals surface area contributed by atoms with Crippen LogP contribution in [0.3, 0.4) is 0 Å². The van der Waals surface area contributed by atoms with Crippen LogP contribution in [0, 0.1) is 5.82 Å². The molecule has 1 unspecified atom stereocenters. The molecule has 0 saturated carbocycles. The van der Waals surface area contributed by atoms with Gasteiger partial charge < -0.3 is 9.64 Å². The zero-order valence-electron chi connectivity index (χ0n) is 14.3. The maximum Gasteiger partial charge on any atom is 0.260 e. The standard InChI is InChI=1S/C19H19Cl2FN2O2/c1-23-8-9-24(11-17(23)14-4-2-3-5-16(14)22)19(25)12-26-18-10-13(20)6-7-15(18)21/h2-7,10,17H,8-9,11-12H2,1H3. The summed E-state index contributed by atoms with van der Waals surface area (Å²) in [5, 5.41) is 0.876. The zero-order valence-corrected chi connectivity index (χ0v) is 15.8. The van der Waals surface area contributed by atoms with Crippen LogP contribution in [0.1, 0.15) is 11.6 Å². The molecule has 1 fully saturated rings. The van der Waals surface area contributed by atoms with E-state index in [1.54, 1.807) is 41.3 Å². The van der Waals surface area contributed by atoms with Crippen LogP contribution in [0.15, 0.2) is 42.5 Å². The van der Waals surface area contributed by atoms with Crippen molar-refractivity contribution in [2.75, 3.05) is 33.3 Å². The third-order valence-electron chi connectivity index (χ3n) is 4.51. The van der Waals surface area contributed by atoms with Gasteiger partial charge in [0.25, 0.3) is 5.91 Å². The molecular formula is C19H19Cl2FN2O2. The molecule has 0 bridgehead atoms. The SMILES string of the molecule is CN1CCN(C(=O)COc2cc(Cl)ccc2Cl)CC1c1ccccc1F. The van der Waals surface area contributed by atoms with E-state index in [0.29, 0.717) is 41.0 Å². The summed E-state index contributed by atoms with van der Waals surface area (Å²) in [6.45, 7) is 1.48. The number of hydrogen-bond acceptors (Lipinski definition) is 3. The number of likely N-dealkylation sites (N-methyl/N-ethyl adjacent to an activating group) is 1. The monoisotopic (exact) mass is 396 g/mol. The molecule has 0 spiro atoms. The molecule has 1 aliphatic heterocycles. The van der Waals surface area contributed by atoms with Crippen molar-refractivity contribution in [3.63, 3.8) is 0 Å². The van der Waals surface area contributed by atoms with Crippen molar-refractivity contribution in [1.82, 2.24) is 9.80 Å². The maximum absolute atomic E-state index is 14.1. The summed E-state index contributed by atoms with van der Waals surface area (Å²) in [5.41, 5.74) is 0.589. The van der Waals surface area contributed by atoms with E-state index in [9.17, 15) is 9.18 Å². The van der Waals surface area contributed by atoms with E-state index in [1.807, 2.05) is 7.05 Å².